The molecule has 0 spiro atoms. The molecule has 2 aromatic rings. The maximum atomic E-state index is 10.6. The summed E-state index contributed by atoms with van der Waals surface area (Å²) in [5.41, 5.74) is 1.91. The maximum absolute atomic E-state index is 10.6. The Balaban J connectivity index is 2.37. The van der Waals surface area contributed by atoms with Gasteiger partial charge in [-0.15, -0.1) is 10.2 Å². The highest BCUT2D eigenvalue weighted by molar-refractivity contribution is 7.99. The fraction of sp³-hybridized carbons (Fsp3) is 0.455. The zero-order valence-corrected chi connectivity index (χ0v) is 11.8. The SMILES string of the molecule is CCn1c(SCC(=O)O)nnc1-c1cnn(C)c1C. The van der Waals surface area contributed by atoms with Gasteiger partial charge in [-0.2, -0.15) is 5.10 Å². The topological polar surface area (TPSA) is 85.8 Å². The fourth-order valence-corrected chi connectivity index (χ4v) is 2.45. The normalized spacial score (nSPS) is 10.9. The minimum absolute atomic E-state index is 0.0237. The number of rotatable bonds is 5. The summed E-state index contributed by atoms with van der Waals surface area (Å²) in [6.07, 6.45) is 1.75. The molecule has 7 nitrogen and oxygen atoms in total. The Morgan fingerprint density at radius 3 is 2.74 bits per heavy atom. The maximum Gasteiger partial charge on any atom is 0.313 e. The van der Waals surface area contributed by atoms with Gasteiger partial charge in [0.15, 0.2) is 11.0 Å². The number of carboxylic acids is 1. The van der Waals surface area contributed by atoms with Gasteiger partial charge in [0.25, 0.3) is 0 Å². The summed E-state index contributed by atoms with van der Waals surface area (Å²) < 4.78 is 3.67. The third kappa shape index (κ3) is 2.62. The lowest BCUT2D eigenvalue weighted by Crippen LogP contribution is -2.03. The van der Waals surface area contributed by atoms with Crippen molar-refractivity contribution in [3.63, 3.8) is 0 Å². The molecule has 0 saturated heterocycles. The van der Waals surface area contributed by atoms with Crippen LogP contribution in [0.15, 0.2) is 11.4 Å². The van der Waals surface area contributed by atoms with Crippen LogP contribution in [-0.2, 0) is 18.4 Å². The van der Waals surface area contributed by atoms with E-state index in [1.54, 1.807) is 10.9 Å². The van der Waals surface area contributed by atoms with Gasteiger partial charge in [-0.3, -0.25) is 9.48 Å². The average Bonchev–Trinajstić information content (AvgIpc) is 2.91. The molecule has 0 saturated carbocycles. The second kappa shape index (κ2) is 5.43. The summed E-state index contributed by atoms with van der Waals surface area (Å²) in [6.45, 7) is 4.61. The fourth-order valence-electron chi connectivity index (χ4n) is 1.72. The number of carbonyl (C=O) groups is 1. The largest absolute Gasteiger partial charge is 0.481 e. The lowest BCUT2D eigenvalue weighted by Gasteiger charge is -2.06. The van der Waals surface area contributed by atoms with Crippen molar-refractivity contribution in [2.24, 2.45) is 7.05 Å². The van der Waals surface area contributed by atoms with Crippen LogP contribution in [0.1, 0.15) is 12.6 Å². The van der Waals surface area contributed by atoms with Crippen LogP contribution in [0.4, 0.5) is 0 Å². The molecule has 19 heavy (non-hydrogen) atoms. The number of aliphatic carboxylic acids is 1. The molecule has 0 fully saturated rings. The zero-order chi connectivity index (χ0) is 14.0. The van der Waals surface area contributed by atoms with Crippen LogP contribution in [0.25, 0.3) is 11.4 Å². The molecule has 0 atom stereocenters. The van der Waals surface area contributed by atoms with Gasteiger partial charge in [-0.1, -0.05) is 11.8 Å². The van der Waals surface area contributed by atoms with E-state index in [4.69, 9.17) is 5.11 Å². The zero-order valence-electron chi connectivity index (χ0n) is 11.0. The first-order valence-corrected chi connectivity index (χ1v) is 6.80. The molecule has 0 radical (unpaired) electrons. The Hall–Kier alpha value is -1.83. The van der Waals surface area contributed by atoms with E-state index in [0.717, 1.165) is 17.1 Å². The molecular formula is C11H15N5O2S. The van der Waals surface area contributed by atoms with Crippen LogP contribution in [0.3, 0.4) is 0 Å². The summed E-state index contributed by atoms with van der Waals surface area (Å²) in [7, 11) is 1.87. The Kier molecular flexibility index (Phi) is 3.89. The molecule has 2 heterocycles. The molecule has 0 bridgehead atoms. The van der Waals surface area contributed by atoms with Gasteiger partial charge in [0.1, 0.15) is 0 Å². The van der Waals surface area contributed by atoms with Crippen LogP contribution in [0.5, 0.6) is 0 Å². The minimum atomic E-state index is -0.866. The molecule has 0 aliphatic rings. The number of aryl methyl sites for hydroxylation is 1. The molecule has 2 aromatic heterocycles. The predicted octanol–water partition coefficient (Wildman–Crippen LogP) is 1.18. The number of hydrogen-bond donors (Lipinski definition) is 1. The highest BCUT2D eigenvalue weighted by Gasteiger charge is 2.17. The number of hydrogen-bond acceptors (Lipinski definition) is 5. The van der Waals surface area contributed by atoms with E-state index in [1.165, 1.54) is 11.8 Å². The van der Waals surface area contributed by atoms with E-state index >= 15 is 0 Å². The van der Waals surface area contributed by atoms with E-state index in [0.29, 0.717) is 11.7 Å². The minimum Gasteiger partial charge on any atom is -0.481 e. The van der Waals surface area contributed by atoms with Crippen molar-refractivity contribution in [3.8, 4) is 11.4 Å². The van der Waals surface area contributed by atoms with E-state index in [9.17, 15) is 4.79 Å². The average molecular weight is 281 g/mol. The predicted molar refractivity (Wildman–Crippen MR) is 71.0 cm³/mol. The van der Waals surface area contributed by atoms with Gasteiger partial charge >= 0.3 is 5.97 Å². The monoisotopic (exact) mass is 281 g/mol. The molecular weight excluding hydrogens is 266 g/mol. The highest BCUT2D eigenvalue weighted by atomic mass is 32.2. The van der Waals surface area contributed by atoms with Gasteiger partial charge in [0.05, 0.1) is 17.5 Å². The van der Waals surface area contributed by atoms with Crippen molar-refractivity contribution >= 4 is 17.7 Å². The molecule has 8 heteroatoms. The van der Waals surface area contributed by atoms with Crippen molar-refractivity contribution in [1.29, 1.82) is 0 Å². The Morgan fingerprint density at radius 2 is 2.21 bits per heavy atom. The highest BCUT2D eigenvalue weighted by Crippen LogP contribution is 2.25. The van der Waals surface area contributed by atoms with Crippen LogP contribution >= 0.6 is 11.8 Å². The van der Waals surface area contributed by atoms with Gasteiger partial charge in [-0.05, 0) is 13.8 Å². The van der Waals surface area contributed by atoms with Crippen LogP contribution in [-0.4, -0.2) is 41.4 Å². The van der Waals surface area contributed by atoms with Gasteiger partial charge in [0.2, 0.25) is 0 Å². The van der Waals surface area contributed by atoms with Crippen molar-refractivity contribution < 1.29 is 9.90 Å². The second-order valence-corrected chi connectivity index (χ2v) is 4.94. The number of thioether (sulfide) groups is 1. The van der Waals surface area contributed by atoms with Crippen LogP contribution in [0.2, 0.25) is 0 Å². The van der Waals surface area contributed by atoms with Crippen molar-refractivity contribution in [3.05, 3.63) is 11.9 Å². The molecule has 0 unspecified atom stereocenters. The quantitative estimate of drug-likeness (QED) is 0.828. The van der Waals surface area contributed by atoms with Crippen LogP contribution < -0.4 is 0 Å². The van der Waals surface area contributed by atoms with Crippen molar-refractivity contribution in [2.75, 3.05) is 5.75 Å². The summed E-state index contributed by atoms with van der Waals surface area (Å²) in [5.74, 6) is -0.166. The number of aromatic nitrogens is 5. The Bertz CT molecular complexity index is 604. The van der Waals surface area contributed by atoms with Gasteiger partial charge in [-0.25, -0.2) is 0 Å². The van der Waals surface area contributed by atoms with Crippen LogP contribution in [0, 0.1) is 6.92 Å². The molecule has 0 aliphatic heterocycles. The second-order valence-electron chi connectivity index (χ2n) is 4.00. The Labute approximate surface area is 114 Å². The van der Waals surface area contributed by atoms with Gasteiger partial charge in [0, 0.05) is 19.3 Å². The molecule has 102 valence electrons. The standard InChI is InChI=1S/C11H15N5O2S/c1-4-16-10(8-5-12-15(3)7(8)2)13-14-11(16)19-6-9(17)18/h5H,4,6H2,1-3H3,(H,17,18). The van der Waals surface area contributed by atoms with E-state index in [1.807, 2.05) is 25.5 Å². The lowest BCUT2D eigenvalue weighted by atomic mass is 10.2. The molecule has 0 aromatic carbocycles. The van der Waals surface area contributed by atoms with E-state index in [-0.39, 0.29) is 5.75 Å². The molecule has 0 amide bonds. The summed E-state index contributed by atoms with van der Waals surface area (Å²) in [6, 6.07) is 0. The molecule has 2 rings (SSSR count). The smallest absolute Gasteiger partial charge is 0.313 e. The third-order valence-corrected chi connectivity index (χ3v) is 3.79. The first-order chi connectivity index (χ1) is 9.04. The van der Waals surface area contributed by atoms with Gasteiger partial charge < -0.3 is 9.67 Å². The Morgan fingerprint density at radius 1 is 1.47 bits per heavy atom. The summed E-state index contributed by atoms with van der Waals surface area (Å²) in [5, 5.41) is 21.7. The summed E-state index contributed by atoms with van der Waals surface area (Å²) in [4.78, 5) is 10.6. The third-order valence-electron chi connectivity index (χ3n) is 2.83. The van der Waals surface area contributed by atoms with E-state index in [2.05, 4.69) is 15.3 Å². The van der Waals surface area contributed by atoms with E-state index < -0.39 is 5.97 Å². The van der Waals surface area contributed by atoms with Crippen molar-refractivity contribution in [2.45, 2.75) is 25.5 Å². The number of carboxylic acid groups (broad SMARTS) is 1. The first kappa shape index (κ1) is 13.6. The molecule has 0 aliphatic carbocycles. The van der Waals surface area contributed by atoms with Crippen molar-refractivity contribution in [1.82, 2.24) is 24.5 Å². The number of nitrogens with zero attached hydrogens (tertiary/aromatic N) is 5. The molecule has 1 N–H and O–H groups in total. The summed E-state index contributed by atoms with van der Waals surface area (Å²) >= 11 is 1.17. The lowest BCUT2D eigenvalue weighted by molar-refractivity contribution is -0.133. The first-order valence-electron chi connectivity index (χ1n) is 5.81.